The number of carbonyl (C=O) groups is 2. The summed E-state index contributed by atoms with van der Waals surface area (Å²) in [6, 6.07) is 22.9. The van der Waals surface area contributed by atoms with Crippen LogP contribution in [0, 0.1) is 47.3 Å². The molecule has 3 aromatic rings. The van der Waals surface area contributed by atoms with Gasteiger partial charge in [-0.2, -0.15) is 0 Å². The number of rotatable bonds is 13. The van der Waals surface area contributed by atoms with E-state index >= 15 is 0 Å². The highest BCUT2D eigenvalue weighted by molar-refractivity contribution is 5.74. The summed E-state index contributed by atoms with van der Waals surface area (Å²) < 4.78 is 0. The van der Waals surface area contributed by atoms with Crippen LogP contribution in [0.4, 0.5) is 0 Å². The second-order valence-electron chi connectivity index (χ2n) is 18.6. The lowest BCUT2D eigenvalue weighted by Gasteiger charge is -2.57. The molecule has 0 unspecified atom stereocenters. The van der Waals surface area contributed by atoms with E-state index in [-0.39, 0.29) is 35.3 Å². The molecule has 0 amide bonds. The van der Waals surface area contributed by atoms with Crippen LogP contribution >= 0.6 is 0 Å². The molecule has 0 aliphatic heterocycles. The Morgan fingerprint density at radius 1 is 0.915 bits per heavy atom. The number of unbranched alkanes of at least 4 members (excludes halogenated alkanes) is 2. The van der Waals surface area contributed by atoms with Crippen molar-refractivity contribution >= 4 is 24.4 Å². The molecule has 0 aromatic heterocycles. The maximum absolute atomic E-state index is 13.9. The van der Waals surface area contributed by atoms with E-state index in [2.05, 4.69) is 60.7 Å². The summed E-state index contributed by atoms with van der Waals surface area (Å²) in [6.07, 6.45) is 22.7. The first-order chi connectivity index (χ1) is 28.7. The molecule has 0 radical (unpaired) electrons. The summed E-state index contributed by atoms with van der Waals surface area (Å²) in [5.41, 5.74) is 11.0. The molecule has 312 valence electrons. The molecule has 7 heteroatoms. The predicted octanol–water partition coefficient (Wildman–Crippen LogP) is 7.47. The van der Waals surface area contributed by atoms with Crippen molar-refractivity contribution in [2.24, 2.45) is 53.1 Å². The smallest absolute Gasteiger partial charge is 0.308 e. The van der Waals surface area contributed by atoms with Crippen molar-refractivity contribution in [2.75, 3.05) is 6.54 Å². The standard InChI is InChI=1S/C52H63NO6/c53-24-23-33-13-16-40(25-33)41(32-54)10-3-1-2-7-35-11-6-12-46(50(56)57)49(51(58)59)52-31-43-29-39-9-5-4-8-38(39)28-42(43)30-44(52)20-17-37-15-14-34(27-48(37)52)26-47(35)36-18-21-45(55)22-19-36/h4-6,8-9,12,14-15,18-19,21-22,25,27-29,32,35,40-44,46-47,49-50,55-57H,1-3,7,10-11,13,16-17,20,23-24,26,30-31,53H2,(H,58,59)/t35-,40-,41-,42-,43-,44-,46+,47+,49+,52-/m1/s1. The van der Waals surface area contributed by atoms with Crippen LogP contribution in [0.5, 0.6) is 5.75 Å². The van der Waals surface area contributed by atoms with Crippen LogP contribution in [0.3, 0.4) is 0 Å². The number of allylic oxidation sites excluding steroid dienone is 2. The van der Waals surface area contributed by atoms with Crippen LogP contribution in [-0.2, 0) is 27.8 Å². The fraction of sp³-hybridized carbons (Fsp3) is 0.500. The van der Waals surface area contributed by atoms with Crippen LogP contribution in [0.25, 0.3) is 12.2 Å². The summed E-state index contributed by atoms with van der Waals surface area (Å²) in [5.74, 6) is -1.63. The zero-order valence-corrected chi connectivity index (χ0v) is 34.4. The van der Waals surface area contributed by atoms with E-state index in [1.807, 2.05) is 24.3 Å². The van der Waals surface area contributed by atoms with E-state index in [0.717, 1.165) is 94.5 Å². The van der Waals surface area contributed by atoms with E-state index in [1.54, 1.807) is 12.1 Å². The van der Waals surface area contributed by atoms with E-state index in [1.165, 1.54) is 27.1 Å². The van der Waals surface area contributed by atoms with Gasteiger partial charge in [0.1, 0.15) is 12.0 Å². The summed E-state index contributed by atoms with van der Waals surface area (Å²) in [7, 11) is 0. The number of aliphatic hydroxyl groups excluding tert-OH is 1. The lowest BCUT2D eigenvalue weighted by Crippen LogP contribution is -2.57. The number of carbonyl (C=O) groups excluding carboxylic acids is 1. The van der Waals surface area contributed by atoms with Gasteiger partial charge in [-0.15, -0.1) is 0 Å². The number of phenols is 1. The third-order valence-corrected chi connectivity index (χ3v) is 15.4. The molecular weight excluding hydrogens is 735 g/mol. The van der Waals surface area contributed by atoms with Gasteiger partial charge in [-0.3, -0.25) is 4.79 Å². The minimum Gasteiger partial charge on any atom is -0.508 e. The van der Waals surface area contributed by atoms with Crippen LogP contribution < -0.4 is 16.2 Å². The molecule has 2 bridgehead atoms. The van der Waals surface area contributed by atoms with Gasteiger partial charge in [0.05, 0.1) is 5.92 Å². The molecule has 59 heavy (non-hydrogen) atoms. The van der Waals surface area contributed by atoms with Gasteiger partial charge in [-0.05, 0) is 158 Å². The molecule has 1 spiro atoms. The zero-order chi connectivity index (χ0) is 41.1. The topological polar surface area (TPSA) is 141 Å². The van der Waals surface area contributed by atoms with Gasteiger partial charge in [-0.25, -0.2) is 0 Å². The molecule has 7 nitrogen and oxygen atoms in total. The number of benzene rings is 3. The number of aryl methyl sites for hydroxylation is 1. The number of nitrogens with two attached hydrogens (primary N) is 1. The van der Waals surface area contributed by atoms with Crippen LogP contribution in [-0.4, -0.2) is 45.5 Å². The number of hydrogen-bond donors (Lipinski definition) is 5. The second-order valence-corrected chi connectivity index (χ2v) is 18.6. The number of hydrogen-bond acceptors (Lipinski definition) is 6. The van der Waals surface area contributed by atoms with E-state index < -0.39 is 29.5 Å². The Hall–Kier alpha value is -4.30. The molecule has 8 rings (SSSR count). The largest absolute Gasteiger partial charge is 0.508 e. The number of aliphatic carboxylic acids is 1. The molecule has 10 atom stereocenters. The third kappa shape index (κ3) is 8.53. The highest BCUT2D eigenvalue weighted by Crippen LogP contribution is 2.60. The Morgan fingerprint density at radius 3 is 2.42 bits per heavy atom. The minimum atomic E-state index is -1.84. The van der Waals surface area contributed by atoms with Crippen molar-refractivity contribution in [3.63, 3.8) is 0 Å². The monoisotopic (exact) mass is 797 g/mol. The molecule has 6 N–H and O–H groups in total. The van der Waals surface area contributed by atoms with Gasteiger partial charge in [0.25, 0.3) is 0 Å². The predicted molar refractivity (Wildman–Crippen MR) is 233 cm³/mol. The van der Waals surface area contributed by atoms with Crippen molar-refractivity contribution in [1.82, 2.24) is 0 Å². The Morgan fingerprint density at radius 2 is 1.69 bits per heavy atom. The van der Waals surface area contributed by atoms with Gasteiger partial charge in [-0.1, -0.05) is 110 Å². The van der Waals surface area contributed by atoms with Gasteiger partial charge >= 0.3 is 5.97 Å². The first-order valence-corrected chi connectivity index (χ1v) is 22.5. The normalized spacial score (nSPS) is 30.3. The van der Waals surface area contributed by atoms with Crippen molar-refractivity contribution in [1.29, 1.82) is 0 Å². The number of aliphatic hydroxyl groups is 2. The van der Waals surface area contributed by atoms with Gasteiger partial charge in [0, 0.05) is 17.3 Å². The number of fused-ring (bicyclic) bond motifs is 3. The Labute approximate surface area is 349 Å². The highest BCUT2D eigenvalue weighted by atomic mass is 16.5. The quantitative estimate of drug-likeness (QED) is 0.0523. The van der Waals surface area contributed by atoms with E-state index in [9.17, 15) is 30.0 Å². The molecule has 5 aliphatic carbocycles. The highest BCUT2D eigenvalue weighted by Gasteiger charge is 2.59. The van der Waals surface area contributed by atoms with E-state index in [4.69, 9.17) is 5.73 Å². The molecule has 0 saturated heterocycles. The summed E-state index contributed by atoms with van der Waals surface area (Å²) >= 11 is 0. The molecule has 0 heterocycles. The van der Waals surface area contributed by atoms with Crippen molar-refractivity contribution < 1.29 is 30.0 Å². The Kier molecular flexibility index (Phi) is 12.7. The Bertz CT molecular complexity index is 2160. The zero-order valence-electron chi connectivity index (χ0n) is 34.4. The average molecular weight is 798 g/mol. The van der Waals surface area contributed by atoms with Gasteiger partial charge < -0.3 is 31.0 Å². The summed E-state index contributed by atoms with van der Waals surface area (Å²) in [5, 5.41) is 46.5. The van der Waals surface area contributed by atoms with Gasteiger partial charge in [0.2, 0.25) is 0 Å². The number of carboxylic acids is 1. The molecular formula is C52H63NO6. The maximum Gasteiger partial charge on any atom is 0.308 e. The second kappa shape index (κ2) is 18.1. The van der Waals surface area contributed by atoms with Crippen molar-refractivity contribution in [2.45, 2.75) is 108 Å². The maximum atomic E-state index is 13.9. The van der Waals surface area contributed by atoms with Crippen LogP contribution in [0.2, 0.25) is 0 Å². The summed E-state index contributed by atoms with van der Waals surface area (Å²) in [6.45, 7) is 0.648. The molecule has 3 aromatic carbocycles. The third-order valence-electron chi connectivity index (χ3n) is 15.4. The van der Waals surface area contributed by atoms with Gasteiger partial charge in [0.15, 0.2) is 6.29 Å². The van der Waals surface area contributed by atoms with Crippen LogP contribution in [0.15, 0.2) is 90.5 Å². The Balaban J connectivity index is 1.13. The first-order valence-electron chi connectivity index (χ1n) is 22.5. The average Bonchev–Trinajstić information content (AvgIpc) is 3.69. The molecule has 1 saturated carbocycles. The number of phenolic OH excluding ortho intramolecular Hbond substituents is 1. The SMILES string of the molecule is NCCC1=C[C@H]([C@@H](C=O)CCCCC[C@@H]2CC=C[C@H](C(O)O)[C@@H](C(=O)O)[C@]34C[C@H]5C=c6ccccc6=C[C@@H]5C[C@H]3CCc3ccc(cc34)C[C@@H]2c2ccc(O)cc2)CC1. The molecule has 1 fully saturated rings. The van der Waals surface area contributed by atoms with Crippen molar-refractivity contribution in [3.05, 3.63) is 123 Å². The van der Waals surface area contributed by atoms with Crippen LogP contribution in [0.1, 0.15) is 105 Å². The van der Waals surface area contributed by atoms with E-state index in [0.29, 0.717) is 31.2 Å². The minimum absolute atomic E-state index is 0.0372. The summed E-state index contributed by atoms with van der Waals surface area (Å²) in [4.78, 5) is 26.1. The van der Waals surface area contributed by atoms with Crippen molar-refractivity contribution in [3.8, 4) is 5.75 Å². The molecule has 5 aliphatic rings. The number of carboxylic acid groups (broad SMARTS) is 1. The number of aromatic hydroxyl groups is 1. The fourth-order valence-corrected chi connectivity index (χ4v) is 12.5. The lowest BCUT2D eigenvalue weighted by atomic mass is 9.46. The number of aldehydes is 1. The fourth-order valence-electron chi connectivity index (χ4n) is 12.5. The lowest BCUT2D eigenvalue weighted by molar-refractivity contribution is -0.161. The first kappa shape index (κ1) is 41.4.